The molecule has 4 aromatic rings. The third kappa shape index (κ3) is 7.98. The second-order valence-corrected chi connectivity index (χ2v) is 11.2. The van der Waals surface area contributed by atoms with Crippen LogP contribution in [0.3, 0.4) is 0 Å². The Morgan fingerprint density at radius 3 is 2.45 bits per heavy atom. The van der Waals surface area contributed by atoms with E-state index in [4.69, 9.17) is 21.3 Å². The van der Waals surface area contributed by atoms with Crippen molar-refractivity contribution >= 4 is 29.5 Å². The van der Waals surface area contributed by atoms with Crippen LogP contribution in [0.2, 0.25) is 5.02 Å². The Labute approximate surface area is 248 Å². The van der Waals surface area contributed by atoms with Crippen molar-refractivity contribution in [2.75, 3.05) is 12.4 Å². The van der Waals surface area contributed by atoms with Gasteiger partial charge in [0.25, 0.3) is 5.91 Å². The minimum absolute atomic E-state index is 0.00831. The summed E-state index contributed by atoms with van der Waals surface area (Å²) in [5.74, 6) is 0.229. The molecule has 1 amide bonds. The van der Waals surface area contributed by atoms with E-state index in [-0.39, 0.29) is 41.2 Å². The third-order valence-electron chi connectivity index (χ3n) is 5.64. The molecule has 0 bridgehead atoms. The largest absolute Gasteiger partial charge is 0.438 e. The number of carbonyl (C=O) groups excluding carboxylic acids is 2. The van der Waals surface area contributed by atoms with Gasteiger partial charge in [-0.1, -0.05) is 23.7 Å². The van der Waals surface area contributed by atoms with Gasteiger partial charge in [-0.05, 0) is 76.6 Å². The van der Waals surface area contributed by atoms with Crippen LogP contribution in [0.25, 0.3) is 11.3 Å². The van der Waals surface area contributed by atoms with Gasteiger partial charge in [-0.25, -0.2) is 9.37 Å². The standard InChI is InChI=1S/C15H13ClFN5O2.C14H19N3O/c1-15(2,17)14-19-21-22(20-14)7-12-18-11(8-23)13(24-12)9-5-3-4-6-10(9)16;1-9-6-10(8-15)7-11(12(9)16-5)13(18)17-14(2,3)4/h3-6,8H,7H2,1-2H3;6-7,16H,1-5H3,(H,17,18). The van der Waals surface area contributed by atoms with E-state index >= 15 is 0 Å². The smallest absolute Gasteiger partial charge is 0.253 e. The van der Waals surface area contributed by atoms with Crippen LogP contribution in [0, 0.1) is 18.3 Å². The molecule has 0 aliphatic rings. The first kappa shape index (κ1) is 31.9. The van der Waals surface area contributed by atoms with Gasteiger partial charge < -0.3 is 15.1 Å². The Bertz CT molecular complexity index is 1630. The molecule has 4 rings (SSSR count). The summed E-state index contributed by atoms with van der Waals surface area (Å²) in [4.78, 5) is 28.7. The summed E-state index contributed by atoms with van der Waals surface area (Å²) in [7, 11) is 1.77. The monoisotopic (exact) mass is 594 g/mol. The lowest BCUT2D eigenvalue weighted by Gasteiger charge is -2.22. The normalized spacial score (nSPS) is 11.2. The van der Waals surface area contributed by atoms with Gasteiger partial charge in [0.1, 0.15) is 12.2 Å². The molecule has 2 heterocycles. The Morgan fingerprint density at radius 1 is 1.21 bits per heavy atom. The molecule has 0 saturated heterocycles. The summed E-state index contributed by atoms with van der Waals surface area (Å²) >= 11 is 6.13. The van der Waals surface area contributed by atoms with E-state index in [9.17, 15) is 14.0 Å². The molecule has 2 aromatic carbocycles. The zero-order valence-corrected chi connectivity index (χ0v) is 25.2. The van der Waals surface area contributed by atoms with E-state index < -0.39 is 5.67 Å². The number of benzene rings is 2. The number of tetrazole rings is 1. The van der Waals surface area contributed by atoms with Crippen LogP contribution in [-0.2, 0) is 12.2 Å². The number of aromatic nitrogens is 5. The van der Waals surface area contributed by atoms with E-state index in [1.165, 1.54) is 13.8 Å². The predicted molar refractivity (Wildman–Crippen MR) is 156 cm³/mol. The topological polar surface area (TPSA) is 152 Å². The minimum atomic E-state index is -1.70. The van der Waals surface area contributed by atoms with Crippen LogP contribution in [-0.4, -0.2) is 50.0 Å². The number of hydrogen-bond acceptors (Lipinski definition) is 9. The Morgan fingerprint density at radius 2 is 1.90 bits per heavy atom. The van der Waals surface area contributed by atoms with E-state index in [0.717, 1.165) is 16.0 Å². The first-order valence-electron chi connectivity index (χ1n) is 12.9. The number of carbonyl (C=O) groups is 2. The van der Waals surface area contributed by atoms with Crippen molar-refractivity contribution in [2.45, 2.75) is 59.3 Å². The van der Waals surface area contributed by atoms with Gasteiger partial charge in [-0.3, -0.25) is 9.59 Å². The first-order chi connectivity index (χ1) is 19.7. The molecule has 0 aliphatic carbocycles. The van der Waals surface area contributed by atoms with Gasteiger partial charge >= 0.3 is 0 Å². The van der Waals surface area contributed by atoms with Crippen LogP contribution >= 0.6 is 11.6 Å². The van der Waals surface area contributed by atoms with Gasteiger partial charge in [-0.15, -0.1) is 10.2 Å². The van der Waals surface area contributed by atoms with Crippen LogP contribution in [0.15, 0.2) is 40.8 Å². The number of amides is 1. The summed E-state index contributed by atoms with van der Waals surface area (Å²) in [6, 6.07) is 12.4. The lowest BCUT2D eigenvalue weighted by Crippen LogP contribution is -2.40. The molecule has 2 N–H and O–H groups in total. The molecule has 11 nitrogen and oxygen atoms in total. The van der Waals surface area contributed by atoms with Crippen molar-refractivity contribution in [3.8, 4) is 17.4 Å². The van der Waals surface area contributed by atoms with Crippen molar-refractivity contribution in [1.82, 2.24) is 30.5 Å². The highest BCUT2D eigenvalue weighted by Crippen LogP contribution is 2.31. The van der Waals surface area contributed by atoms with Gasteiger partial charge in [-0.2, -0.15) is 10.1 Å². The summed E-state index contributed by atoms with van der Waals surface area (Å²) < 4.78 is 19.4. The van der Waals surface area contributed by atoms with Crippen molar-refractivity contribution in [2.24, 2.45) is 0 Å². The Balaban J connectivity index is 0.000000241. The number of halogens is 2. The van der Waals surface area contributed by atoms with E-state index in [0.29, 0.717) is 28.0 Å². The summed E-state index contributed by atoms with van der Waals surface area (Å²) in [6.07, 6.45) is 0.580. The van der Waals surface area contributed by atoms with Crippen LogP contribution in [0.5, 0.6) is 0 Å². The lowest BCUT2D eigenvalue weighted by atomic mass is 10.0. The van der Waals surface area contributed by atoms with Gasteiger partial charge in [0.15, 0.2) is 17.7 Å². The number of aryl methyl sites for hydroxylation is 1. The second kappa shape index (κ2) is 12.9. The molecular formula is C29H32ClFN8O3. The number of hydrogen-bond donors (Lipinski definition) is 2. The number of aldehydes is 1. The first-order valence-corrected chi connectivity index (χ1v) is 13.3. The van der Waals surface area contributed by atoms with Crippen molar-refractivity contribution in [3.05, 3.63) is 75.5 Å². The van der Waals surface area contributed by atoms with Gasteiger partial charge in [0.2, 0.25) is 11.7 Å². The maximum atomic E-state index is 13.8. The molecular weight excluding hydrogens is 563 g/mol. The fourth-order valence-corrected chi connectivity index (χ4v) is 4.03. The summed E-state index contributed by atoms with van der Waals surface area (Å²) in [5.41, 5.74) is 1.30. The van der Waals surface area contributed by atoms with Crippen molar-refractivity contribution < 1.29 is 18.4 Å². The number of anilines is 1. The van der Waals surface area contributed by atoms with Crippen molar-refractivity contribution in [3.63, 3.8) is 0 Å². The SMILES string of the molecule is CC(C)(F)c1nnn(Cc2nc(C=O)c(-c3ccccc3Cl)o2)n1.CNc1c(C)cc(C#N)cc1C(=O)NC(C)(C)C. The molecule has 0 unspecified atom stereocenters. The molecule has 0 fully saturated rings. The number of rotatable bonds is 7. The molecule has 42 heavy (non-hydrogen) atoms. The van der Waals surface area contributed by atoms with Crippen LogP contribution in [0.1, 0.15) is 78.3 Å². The lowest BCUT2D eigenvalue weighted by molar-refractivity contribution is 0.0920. The van der Waals surface area contributed by atoms with E-state index in [1.54, 1.807) is 43.4 Å². The van der Waals surface area contributed by atoms with Gasteiger partial charge in [0, 0.05) is 23.8 Å². The maximum Gasteiger partial charge on any atom is 0.253 e. The molecule has 0 atom stereocenters. The number of nitriles is 1. The highest BCUT2D eigenvalue weighted by molar-refractivity contribution is 6.33. The van der Waals surface area contributed by atoms with Gasteiger partial charge in [0.05, 0.1) is 22.2 Å². The predicted octanol–water partition coefficient (Wildman–Crippen LogP) is 5.48. The summed E-state index contributed by atoms with van der Waals surface area (Å²) in [6.45, 7) is 10.3. The van der Waals surface area contributed by atoms with Crippen molar-refractivity contribution in [1.29, 1.82) is 5.26 Å². The zero-order chi connectivity index (χ0) is 31.2. The fraction of sp³-hybridized carbons (Fsp3) is 0.345. The van der Waals surface area contributed by atoms with E-state index in [2.05, 4.69) is 37.1 Å². The number of nitrogens with zero attached hydrogens (tertiary/aromatic N) is 6. The summed E-state index contributed by atoms with van der Waals surface area (Å²) in [5, 5.41) is 26.7. The molecule has 2 aromatic heterocycles. The van der Waals surface area contributed by atoms with Crippen LogP contribution < -0.4 is 10.6 Å². The average molecular weight is 595 g/mol. The third-order valence-corrected chi connectivity index (χ3v) is 5.97. The molecule has 0 aliphatic heterocycles. The quantitative estimate of drug-likeness (QED) is 0.265. The number of nitrogens with one attached hydrogen (secondary N) is 2. The highest BCUT2D eigenvalue weighted by Gasteiger charge is 2.26. The average Bonchev–Trinajstić information content (AvgIpc) is 3.55. The Hall–Kier alpha value is -4.63. The molecule has 0 spiro atoms. The molecule has 220 valence electrons. The highest BCUT2D eigenvalue weighted by atomic mass is 35.5. The zero-order valence-electron chi connectivity index (χ0n) is 24.4. The van der Waals surface area contributed by atoms with E-state index in [1.807, 2.05) is 27.7 Å². The Kier molecular flexibility index (Phi) is 9.80. The number of alkyl halides is 1. The minimum Gasteiger partial charge on any atom is -0.438 e. The molecule has 0 radical (unpaired) electrons. The molecule has 13 heteroatoms. The van der Waals surface area contributed by atoms with Crippen LogP contribution in [0.4, 0.5) is 10.1 Å². The maximum absolute atomic E-state index is 13.8. The fourth-order valence-electron chi connectivity index (χ4n) is 3.80. The number of oxazole rings is 1. The second-order valence-electron chi connectivity index (χ2n) is 10.8. The molecule has 0 saturated carbocycles.